The second kappa shape index (κ2) is 25.3. The summed E-state index contributed by atoms with van der Waals surface area (Å²) in [5.41, 5.74) is 36.1. The Kier molecular flexibility index (Phi) is 14.8. The highest BCUT2D eigenvalue weighted by Crippen LogP contribution is 2.55. The minimum absolute atomic E-state index is 0.0980. The average Bonchev–Trinajstić information content (AvgIpc) is 1.45. The van der Waals surface area contributed by atoms with Crippen molar-refractivity contribution in [1.29, 1.82) is 0 Å². The first-order valence-electron chi connectivity index (χ1n) is 39.3. The van der Waals surface area contributed by atoms with Crippen molar-refractivity contribution >= 4 is 193 Å². The second-order valence-corrected chi connectivity index (χ2v) is 31.8. The first-order valence-corrected chi connectivity index (χ1v) is 39.3. The number of hydrogen-bond acceptors (Lipinski definition) is 8. The molecule has 0 N–H and O–H groups in total. The van der Waals surface area contributed by atoms with Gasteiger partial charge in [-0.25, -0.2) is 0 Å². The lowest BCUT2D eigenvalue weighted by atomic mass is 9.35. The van der Waals surface area contributed by atoms with Crippen molar-refractivity contribution in [3.05, 3.63) is 368 Å². The Hall–Kier alpha value is -13.9. The van der Waals surface area contributed by atoms with Crippen LogP contribution in [-0.2, 0) is 5.41 Å². The Bertz CT molecular complexity index is 6430. The van der Waals surface area contributed by atoms with E-state index in [4.69, 9.17) is 8.83 Å². The van der Waals surface area contributed by atoms with Crippen LogP contribution < -0.4 is 62.6 Å². The summed E-state index contributed by atoms with van der Waals surface area (Å²) in [6, 6.07) is 126. The summed E-state index contributed by atoms with van der Waals surface area (Å²) in [4.78, 5) is 15.1. The standard InChI is InChI=1S/C102H77B2N7O2/c1-64-32-20-26-46-82(64)108(83-47-27-21-33-65(83)2)74-56-90-96-92(58-74)110(71-40-16-10-17-41-71)98-76-44-24-30-50-94(76)112-100(98)103(96)80-60-78-79-61-81-89(63-87(79)105(73-54-52-68(53-55-73)102(5,6)7)86(78)62-88(80)106(90)69-36-12-8-13-37-69)107(70-38-14-9-15-39-70)91-57-75(109(84-48-28-22-34-66(84)3)85-49-29-23-35-67(85)4)59-93-97(91)104(81)101-99(77-45-25-31-51-95(77)113-101)111(93)72-42-18-11-19-43-72/h8-63H,1-7H3. The molecule has 0 bridgehead atoms. The van der Waals surface area contributed by atoms with Gasteiger partial charge in [0.15, 0.2) is 0 Å². The molecule has 0 unspecified atom stereocenters. The Labute approximate surface area is 658 Å². The second-order valence-electron chi connectivity index (χ2n) is 31.8. The summed E-state index contributed by atoms with van der Waals surface area (Å²) >= 11 is 0. The molecule has 0 spiro atoms. The lowest BCUT2D eigenvalue weighted by Gasteiger charge is -2.43. The van der Waals surface area contributed by atoms with E-state index in [1.807, 2.05) is 0 Å². The van der Waals surface area contributed by atoms with Crippen LogP contribution in [0.25, 0.3) is 49.4 Å². The van der Waals surface area contributed by atoms with Crippen molar-refractivity contribution in [2.75, 3.05) is 29.4 Å². The summed E-state index contributed by atoms with van der Waals surface area (Å²) < 4.78 is 17.8. The van der Waals surface area contributed by atoms with E-state index in [9.17, 15) is 0 Å². The number of nitrogens with zero attached hydrogens (tertiary/aromatic N) is 7. The van der Waals surface area contributed by atoms with Crippen molar-refractivity contribution in [2.24, 2.45) is 0 Å². The lowest BCUT2D eigenvalue weighted by Crippen LogP contribution is -2.61. The van der Waals surface area contributed by atoms with Crippen LogP contribution in [0.1, 0.15) is 48.6 Å². The van der Waals surface area contributed by atoms with Crippen LogP contribution in [0.5, 0.6) is 0 Å². The van der Waals surface area contributed by atoms with E-state index in [0.29, 0.717) is 0 Å². The number of benzene rings is 15. The van der Waals surface area contributed by atoms with Gasteiger partial charge in [0.1, 0.15) is 11.2 Å². The number of aryl methyl sites for hydroxylation is 4. The molecule has 0 radical (unpaired) electrons. The number of furan rings is 2. The number of fused-ring (bicyclic) bond motifs is 15. The van der Waals surface area contributed by atoms with Crippen molar-refractivity contribution in [1.82, 2.24) is 4.57 Å². The van der Waals surface area contributed by atoms with Crippen LogP contribution in [0.15, 0.2) is 349 Å². The molecule has 4 aliphatic heterocycles. The van der Waals surface area contributed by atoms with E-state index in [1.54, 1.807) is 0 Å². The van der Waals surface area contributed by atoms with Gasteiger partial charge in [0, 0.05) is 107 Å². The van der Waals surface area contributed by atoms with E-state index in [-0.39, 0.29) is 18.8 Å². The molecule has 113 heavy (non-hydrogen) atoms. The van der Waals surface area contributed by atoms with Gasteiger partial charge >= 0.3 is 0 Å². The summed E-state index contributed by atoms with van der Waals surface area (Å²) in [6.45, 7) is 15.1. The highest BCUT2D eigenvalue weighted by atomic mass is 16.3. The number of anilines is 18. The van der Waals surface area contributed by atoms with Crippen LogP contribution in [0.4, 0.5) is 102 Å². The molecular weight excluding hydrogens is 1380 g/mol. The third-order valence-electron chi connectivity index (χ3n) is 24.1. The normalized spacial score (nSPS) is 13.2. The third-order valence-corrected chi connectivity index (χ3v) is 24.1. The van der Waals surface area contributed by atoms with Crippen molar-refractivity contribution in [3.63, 3.8) is 0 Å². The fourth-order valence-corrected chi connectivity index (χ4v) is 18.9. The highest BCUT2D eigenvalue weighted by molar-refractivity contribution is 7.01. The van der Waals surface area contributed by atoms with E-state index in [2.05, 4.69) is 422 Å². The van der Waals surface area contributed by atoms with Gasteiger partial charge in [-0.1, -0.05) is 215 Å². The molecule has 0 saturated heterocycles. The number of rotatable bonds is 11. The summed E-state index contributed by atoms with van der Waals surface area (Å²) in [7, 11) is 0. The van der Waals surface area contributed by atoms with Crippen LogP contribution >= 0.6 is 0 Å². The molecule has 0 fully saturated rings. The lowest BCUT2D eigenvalue weighted by molar-refractivity contribution is 0.590. The maximum Gasteiger partial charge on any atom is 0.297 e. The fourth-order valence-electron chi connectivity index (χ4n) is 18.9. The van der Waals surface area contributed by atoms with Gasteiger partial charge in [0.2, 0.25) is 0 Å². The SMILES string of the molecule is Cc1ccccc1N(c1cc2c3c(c1)N(c1ccccc1)c1c(oc4ccccc14)B3c1cc3c4cc5c(cc4n(-c4ccc(C(C)(C)C)cc4)c3cc1N2c1ccccc1)N(c1ccccc1)c1cc(N(c2ccccc2C)c2ccccc2C)cc2c1B5c1oc3ccccc3c1N2c1ccccc1)c1ccccc1C. The molecule has 3 aromatic heterocycles. The van der Waals surface area contributed by atoms with Gasteiger partial charge in [-0.15, -0.1) is 0 Å². The molecule has 15 aromatic carbocycles. The fraction of sp³-hybridized carbons (Fsp3) is 0.0784. The predicted octanol–water partition coefficient (Wildman–Crippen LogP) is 23.9. The number of aromatic nitrogens is 1. The summed E-state index contributed by atoms with van der Waals surface area (Å²) in [5, 5.41) is 4.33. The van der Waals surface area contributed by atoms with Crippen LogP contribution in [0.3, 0.4) is 0 Å². The average molecular weight is 1450 g/mol. The van der Waals surface area contributed by atoms with Gasteiger partial charge in [0.25, 0.3) is 13.4 Å². The van der Waals surface area contributed by atoms with E-state index in [0.717, 1.165) is 185 Å². The van der Waals surface area contributed by atoms with Crippen LogP contribution in [-0.4, -0.2) is 18.0 Å². The van der Waals surface area contributed by atoms with Gasteiger partial charge < -0.3 is 42.8 Å². The molecule has 18 aromatic rings. The first-order chi connectivity index (χ1) is 55.4. The van der Waals surface area contributed by atoms with Crippen molar-refractivity contribution < 1.29 is 8.83 Å². The number of hydrogen-bond donors (Lipinski definition) is 0. The highest BCUT2D eigenvalue weighted by Gasteiger charge is 2.51. The third kappa shape index (κ3) is 10.1. The van der Waals surface area contributed by atoms with Crippen LogP contribution in [0.2, 0.25) is 0 Å². The Balaban J connectivity index is 0.883. The monoisotopic (exact) mass is 1450 g/mol. The molecule has 4 aliphatic rings. The van der Waals surface area contributed by atoms with Crippen molar-refractivity contribution in [3.8, 4) is 5.69 Å². The molecule has 0 amide bonds. The minimum atomic E-state index is -0.389. The van der Waals surface area contributed by atoms with Gasteiger partial charge in [-0.2, -0.15) is 0 Å². The van der Waals surface area contributed by atoms with Gasteiger partial charge in [-0.3, -0.25) is 0 Å². The maximum atomic E-state index is 7.64. The quantitative estimate of drug-likeness (QED) is 0.119. The molecular formula is C102H77B2N7O2. The summed E-state index contributed by atoms with van der Waals surface area (Å²) in [6.07, 6.45) is 0. The molecule has 9 nitrogen and oxygen atoms in total. The van der Waals surface area contributed by atoms with E-state index in [1.165, 1.54) is 27.8 Å². The Morgan fingerprint density at radius 1 is 0.283 bits per heavy atom. The smallest absolute Gasteiger partial charge is 0.297 e. The topological polar surface area (TPSA) is 50.7 Å². The largest absolute Gasteiger partial charge is 0.468 e. The van der Waals surface area contributed by atoms with Gasteiger partial charge in [0.05, 0.1) is 45.1 Å². The molecule has 11 heteroatoms. The molecule has 22 rings (SSSR count). The van der Waals surface area contributed by atoms with Crippen LogP contribution in [0, 0.1) is 27.7 Å². The molecule has 7 heterocycles. The zero-order valence-electron chi connectivity index (χ0n) is 63.9. The van der Waals surface area contributed by atoms with E-state index < -0.39 is 0 Å². The zero-order valence-corrected chi connectivity index (χ0v) is 63.9. The number of para-hydroxylation sites is 10. The van der Waals surface area contributed by atoms with Gasteiger partial charge in [-0.05, 0) is 228 Å². The Morgan fingerprint density at radius 3 is 0.938 bits per heavy atom. The zero-order chi connectivity index (χ0) is 75.6. The Morgan fingerprint density at radius 2 is 0.593 bits per heavy atom. The first kappa shape index (κ1) is 66.1. The summed E-state index contributed by atoms with van der Waals surface area (Å²) in [5.74, 6) is 0. The molecule has 0 atom stereocenters. The molecule has 0 aliphatic carbocycles. The molecule has 0 saturated carbocycles. The predicted molar refractivity (Wildman–Crippen MR) is 475 cm³/mol. The minimum Gasteiger partial charge on any atom is -0.468 e. The van der Waals surface area contributed by atoms with Crippen molar-refractivity contribution in [2.45, 2.75) is 53.9 Å². The maximum absolute atomic E-state index is 7.64. The molecule has 538 valence electrons. The van der Waals surface area contributed by atoms with E-state index >= 15 is 0 Å².